The van der Waals surface area contributed by atoms with Crippen LogP contribution in [0.3, 0.4) is 0 Å². The van der Waals surface area contributed by atoms with Crippen LogP contribution in [0.5, 0.6) is 0 Å². The van der Waals surface area contributed by atoms with E-state index < -0.39 is 11.7 Å². The van der Waals surface area contributed by atoms with E-state index in [9.17, 15) is 9.59 Å². The third-order valence-corrected chi connectivity index (χ3v) is 1.80. The van der Waals surface area contributed by atoms with Gasteiger partial charge in [0, 0.05) is 19.3 Å². The summed E-state index contributed by atoms with van der Waals surface area (Å²) in [5.74, 6) is -1.05. The number of Topliss-reactive ketones (excluding diaryl/α,β-unsaturated/α-hetero) is 1. The molecule has 0 aliphatic rings. The lowest BCUT2D eigenvalue weighted by atomic mass is 10.2. The first kappa shape index (κ1) is 10.5. The highest BCUT2D eigenvalue weighted by atomic mass is 16.2. The average Bonchev–Trinajstić information content (AvgIpc) is 2.48. The van der Waals surface area contributed by atoms with E-state index in [0.29, 0.717) is 5.69 Å². The minimum atomic E-state index is -0.554. The van der Waals surface area contributed by atoms with E-state index in [1.54, 1.807) is 29.9 Å². The van der Waals surface area contributed by atoms with Crippen molar-refractivity contribution >= 4 is 11.7 Å². The zero-order valence-corrected chi connectivity index (χ0v) is 8.57. The fourth-order valence-corrected chi connectivity index (χ4v) is 1.14. The van der Waals surface area contributed by atoms with Gasteiger partial charge in [0.1, 0.15) is 0 Å². The van der Waals surface area contributed by atoms with Gasteiger partial charge in [0.2, 0.25) is 0 Å². The van der Waals surface area contributed by atoms with Crippen LogP contribution < -0.4 is 5.32 Å². The molecule has 0 aliphatic heterocycles. The lowest BCUT2D eigenvalue weighted by Gasteiger charge is -2.07. The van der Waals surface area contributed by atoms with Gasteiger partial charge >= 0.3 is 0 Å². The van der Waals surface area contributed by atoms with Crippen LogP contribution in [-0.4, -0.2) is 22.3 Å². The van der Waals surface area contributed by atoms with Crippen molar-refractivity contribution in [2.24, 2.45) is 7.05 Å². The van der Waals surface area contributed by atoms with E-state index in [4.69, 9.17) is 0 Å². The Morgan fingerprint density at radius 1 is 1.43 bits per heavy atom. The number of hydrogen-bond donors (Lipinski definition) is 1. The summed E-state index contributed by atoms with van der Waals surface area (Å²) in [5.41, 5.74) is 0.406. The standard InChI is InChI=1S/C10H14N2O2/c1-7(2)11-10(14)9(13)8-5-4-6-12(8)3/h4-7H,1-3H3,(H,11,14). The number of hydrogen-bond acceptors (Lipinski definition) is 2. The van der Waals surface area contributed by atoms with Crippen molar-refractivity contribution in [2.45, 2.75) is 19.9 Å². The zero-order valence-electron chi connectivity index (χ0n) is 8.57. The van der Waals surface area contributed by atoms with Gasteiger partial charge in [-0.3, -0.25) is 9.59 Å². The zero-order chi connectivity index (χ0) is 10.7. The normalized spacial score (nSPS) is 10.3. The van der Waals surface area contributed by atoms with Crippen LogP contribution in [-0.2, 0) is 11.8 Å². The van der Waals surface area contributed by atoms with Crippen molar-refractivity contribution in [3.63, 3.8) is 0 Å². The van der Waals surface area contributed by atoms with Gasteiger partial charge in [-0.1, -0.05) is 0 Å². The summed E-state index contributed by atoms with van der Waals surface area (Å²) in [6.07, 6.45) is 1.73. The number of nitrogens with one attached hydrogen (secondary N) is 1. The monoisotopic (exact) mass is 194 g/mol. The molecular formula is C10H14N2O2. The van der Waals surface area contributed by atoms with E-state index in [1.165, 1.54) is 0 Å². The topological polar surface area (TPSA) is 51.1 Å². The molecule has 0 aliphatic carbocycles. The summed E-state index contributed by atoms with van der Waals surface area (Å²) in [7, 11) is 1.73. The van der Waals surface area contributed by atoms with Crippen molar-refractivity contribution < 1.29 is 9.59 Å². The van der Waals surface area contributed by atoms with E-state index in [1.807, 2.05) is 13.8 Å². The Morgan fingerprint density at radius 3 is 2.50 bits per heavy atom. The second-order valence-corrected chi connectivity index (χ2v) is 3.46. The van der Waals surface area contributed by atoms with E-state index in [2.05, 4.69) is 5.32 Å². The van der Waals surface area contributed by atoms with Crippen LogP contribution in [0, 0.1) is 0 Å². The Kier molecular flexibility index (Phi) is 3.06. The molecule has 0 radical (unpaired) electrons. The lowest BCUT2D eigenvalue weighted by Crippen LogP contribution is -2.36. The first-order chi connectivity index (χ1) is 6.52. The van der Waals surface area contributed by atoms with Crippen LogP contribution in [0.1, 0.15) is 24.3 Å². The molecule has 0 unspecified atom stereocenters. The maximum Gasteiger partial charge on any atom is 0.294 e. The minimum Gasteiger partial charge on any atom is -0.348 e. The average molecular weight is 194 g/mol. The molecule has 0 fully saturated rings. The highest BCUT2D eigenvalue weighted by Gasteiger charge is 2.18. The Labute approximate surface area is 82.9 Å². The minimum absolute atomic E-state index is 0.0216. The number of rotatable bonds is 3. The molecule has 0 saturated carbocycles. The van der Waals surface area contributed by atoms with Gasteiger partial charge < -0.3 is 9.88 Å². The van der Waals surface area contributed by atoms with Crippen LogP contribution >= 0.6 is 0 Å². The number of nitrogens with zero attached hydrogens (tertiary/aromatic N) is 1. The number of carbonyl (C=O) groups excluding carboxylic acids is 2. The fraction of sp³-hybridized carbons (Fsp3) is 0.400. The quantitative estimate of drug-likeness (QED) is 0.569. The molecule has 1 amide bonds. The Hall–Kier alpha value is -1.58. The van der Waals surface area contributed by atoms with Gasteiger partial charge in [-0.05, 0) is 26.0 Å². The predicted molar refractivity (Wildman–Crippen MR) is 53.0 cm³/mol. The van der Waals surface area contributed by atoms with E-state index in [-0.39, 0.29) is 6.04 Å². The molecule has 0 bridgehead atoms. The summed E-state index contributed by atoms with van der Waals surface area (Å²) in [6.45, 7) is 3.63. The third-order valence-electron chi connectivity index (χ3n) is 1.80. The molecule has 1 aromatic heterocycles. The highest BCUT2D eigenvalue weighted by Crippen LogP contribution is 2.00. The predicted octanol–water partition coefficient (Wildman–Crippen LogP) is 0.732. The lowest BCUT2D eigenvalue weighted by molar-refractivity contribution is -0.117. The van der Waals surface area contributed by atoms with Crippen LogP contribution in [0.4, 0.5) is 0 Å². The molecule has 76 valence electrons. The van der Waals surface area contributed by atoms with Gasteiger partial charge in [-0.2, -0.15) is 0 Å². The smallest absolute Gasteiger partial charge is 0.294 e. The summed E-state index contributed by atoms with van der Waals surface area (Å²) < 4.78 is 1.63. The molecule has 0 atom stereocenters. The summed E-state index contributed by atoms with van der Waals surface area (Å²) in [4.78, 5) is 22.9. The molecule has 1 heterocycles. The van der Waals surface area contributed by atoms with E-state index in [0.717, 1.165) is 0 Å². The maximum atomic E-state index is 11.5. The molecule has 0 aromatic carbocycles. The Bertz CT molecular complexity index is 353. The van der Waals surface area contributed by atoms with Crippen LogP contribution in [0.15, 0.2) is 18.3 Å². The number of aryl methyl sites for hydroxylation is 1. The molecule has 0 saturated heterocycles. The van der Waals surface area contributed by atoms with Crippen molar-refractivity contribution in [3.8, 4) is 0 Å². The van der Waals surface area contributed by atoms with Gasteiger partial charge in [0.05, 0.1) is 5.69 Å². The fourth-order valence-electron chi connectivity index (χ4n) is 1.14. The number of carbonyl (C=O) groups is 2. The van der Waals surface area contributed by atoms with Crippen molar-refractivity contribution in [1.82, 2.24) is 9.88 Å². The largest absolute Gasteiger partial charge is 0.348 e. The SMILES string of the molecule is CC(C)NC(=O)C(=O)c1cccn1C. The maximum absolute atomic E-state index is 11.5. The molecule has 1 aromatic rings. The van der Waals surface area contributed by atoms with Crippen molar-refractivity contribution in [2.75, 3.05) is 0 Å². The van der Waals surface area contributed by atoms with Gasteiger partial charge in [0.25, 0.3) is 11.7 Å². The van der Waals surface area contributed by atoms with Gasteiger partial charge in [-0.15, -0.1) is 0 Å². The highest BCUT2D eigenvalue weighted by molar-refractivity contribution is 6.42. The van der Waals surface area contributed by atoms with Crippen LogP contribution in [0.25, 0.3) is 0 Å². The van der Waals surface area contributed by atoms with Gasteiger partial charge in [0.15, 0.2) is 0 Å². The van der Waals surface area contributed by atoms with Crippen molar-refractivity contribution in [1.29, 1.82) is 0 Å². The Morgan fingerprint density at radius 2 is 2.07 bits per heavy atom. The molecule has 14 heavy (non-hydrogen) atoms. The summed E-state index contributed by atoms with van der Waals surface area (Å²) in [5, 5.41) is 2.56. The second-order valence-electron chi connectivity index (χ2n) is 3.46. The molecule has 4 nitrogen and oxygen atoms in total. The van der Waals surface area contributed by atoms with Crippen LogP contribution in [0.2, 0.25) is 0 Å². The Balaban J connectivity index is 2.76. The first-order valence-corrected chi connectivity index (χ1v) is 4.49. The second kappa shape index (κ2) is 4.09. The summed E-state index contributed by atoms with van der Waals surface area (Å²) in [6, 6.07) is 3.34. The van der Waals surface area contributed by atoms with E-state index >= 15 is 0 Å². The number of aromatic nitrogens is 1. The van der Waals surface area contributed by atoms with Gasteiger partial charge in [-0.25, -0.2) is 0 Å². The molecule has 1 N–H and O–H groups in total. The molecule has 0 spiro atoms. The third kappa shape index (κ3) is 2.22. The molecular weight excluding hydrogens is 180 g/mol. The molecule has 4 heteroatoms. The first-order valence-electron chi connectivity index (χ1n) is 4.49. The van der Waals surface area contributed by atoms with Crippen molar-refractivity contribution in [3.05, 3.63) is 24.0 Å². The number of ketones is 1. The summed E-state index contributed by atoms with van der Waals surface area (Å²) >= 11 is 0. The number of amides is 1. The molecule has 1 rings (SSSR count).